The van der Waals surface area contributed by atoms with Crippen LogP contribution in [0, 0.1) is 28.1 Å². The SMILES string of the molecule is N#Cc1ccc([N+](=O)[O-])cc1[CH]O. The lowest BCUT2D eigenvalue weighted by Crippen LogP contribution is -1.92. The monoisotopic (exact) mass is 177 g/mol. The summed E-state index contributed by atoms with van der Waals surface area (Å²) in [6, 6.07) is 5.44. The summed E-state index contributed by atoms with van der Waals surface area (Å²) in [4.78, 5) is 9.71. The van der Waals surface area contributed by atoms with Crippen molar-refractivity contribution in [2.45, 2.75) is 0 Å². The standard InChI is InChI=1S/C8H5N2O3/c9-4-6-1-2-8(10(12)13)3-7(6)5-11/h1-3,5,11H. The van der Waals surface area contributed by atoms with E-state index in [1.54, 1.807) is 6.07 Å². The molecule has 0 spiro atoms. The van der Waals surface area contributed by atoms with E-state index in [1.165, 1.54) is 12.1 Å². The molecule has 1 N–H and O–H groups in total. The number of benzene rings is 1. The van der Waals surface area contributed by atoms with E-state index in [9.17, 15) is 10.1 Å². The van der Waals surface area contributed by atoms with Gasteiger partial charge in [-0.05, 0) is 6.07 Å². The molecular weight excluding hydrogens is 172 g/mol. The Morgan fingerprint density at radius 1 is 1.62 bits per heavy atom. The number of hydrogen-bond donors (Lipinski definition) is 1. The summed E-state index contributed by atoms with van der Waals surface area (Å²) in [7, 11) is 0. The number of aliphatic hydroxyl groups is 1. The molecule has 5 nitrogen and oxygen atoms in total. The van der Waals surface area contributed by atoms with E-state index in [-0.39, 0.29) is 16.8 Å². The molecule has 1 rings (SSSR count). The first kappa shape index (κ1) is 9.16. The normalized spacial score (nSPS) is 9.23. The Hall–Kier alpha value is -1.93. The molecule has 0 atom stereocenters. The van der Waals surface area contributed by atoms with E-state index < -0.39 is 4.92 Å². The minimum Gasteiger partial charge on any atom is -0.385 e. The van der Waals surface area contributed by atoms with Gasteiger partial charge >= 0.3 is 0 Å². The second-order valence-electron chi connectivity index (χ2n) is 2.27. The molecular formula is C8H5N2O3. The molecule has 65 valence electrons. The molecule has 0 aromatic heterocycles. The molecule has 0 aliphatic carbocycles. The Bertz CT molecular complexity index is 381. The van der Waals surface area contributed by atoms with Gasteiger partial charge in [0.25, 0.3) is 5.69 Å². The minimum atomic E-state index is -0.589. The zero-order valence-electron chi connectivity index (χ0n) is 6.47. The lowest BCUT2D eigenvalue weighted by Gasteiger charge is -1.97. The number of nitriles is 1. The zero-order chi connectivity index (χ0) is 9.84. The van der Waals surface area contributed by atoms with Gasteiger partial charge in [-0.1, -0.05) is 0 Å². The largest absolute Gasteiger partial charge is 0.385 e. The summed E-state index contributed by atoms with van der Waals surface area (Å²) in [5.41, 5.74) is 0.198. The molecule has 0 amide bonds. The van der Waals surface area contributed by atoms with Crippen molar-refractivity contribution < 1.29 is 10.0 Å². The number of aliphatic hydroxyl groups excluding tert-OH is 1. The van der Waals surface area contributed by atoms with Gasteiger partial charge in [0, 0.05) is 17.7 Å². The van der Waals surface area contributed by atoms with Gasteiger partial charge in [-0.15, -0.1) is 0 Å². The van der Waals surface area contributed by atoms with Crippen LogP contribution in [-0.2, 0) is 0 Å². The van der Waals surface area contributed by atoms with Gasteiger partial charge < -0.3 is 5.11 Å². The predicted molar refractivity (Wildman–Crippen MR) is 43.1 cm³/mol. The highest BCUT2D eigenvalue weighted by molar-refractivity contribution is 5.47. The highest BCUT2D eigenvalue weighted by Gasteiger charge is 2.09. The van der Waals surface area contributed by atoms with Crippen molar-refractivity contribution in [3.8, 4) is 6.07 Å². The summed E-state index contributed by atoms with van der Waals surface area (Å²) < 4.78 is 0. The Labute approximate surface area is 74.0 Å². The molecule has 0 saturated carbocycles. The predicted octanol–water partition coefficient (Wildman–Crippen LogP) is 1.35. The van der Waals surface area contributed by atoms with Crippen LogP contribution in [0.5, 0.6) is 0 Å². The van der Waals surface area contributed by atoms with E-state index in [0.29, 0.717) is 6.61 Å². The Morgan fingerprint density at radius 2 is 2.31 bits per heavy atom. The number of non-ortho nitro benzene ring substituents is 1. The molecule has 0 aliphatic heterocycles. The van der Waals surface area contributed by atoms with Crippen molar-refractivity contribution in [2.24, 2.45) is 0 Å². The number of nitrogens with zero attached hydrogens (tertiary/aromatic N) is 2. The zero-order valence-corrected chi connectivity index (χ0v) is 6.47. The topological polar surface area (TPSA) is 87.2 Å². The molecule has 1 radical (unpaired) electrons. The van der Waals surface area contributed by atoms with Crippen LogP contribution in [0.3, 0.4) is 0 Å². The number of rotatable bonds is 2. The molecule has 5 heteroatoms. The fourth-order valence-corrected chi connectivity index (χ4v) is 0.872. The van der Waals surface area contributed by atoms with Crippen LogP contribution in [-0.4, -0.2) is 10.0 Å². The highest BCUT2D eigenvalue weighted by atomic mass is 16.6. The Balaban J connectivity index is 3.23. The third kappa shape index (κ3) is 1.80. The van der Waals surface area contributed by atoms with Crippen LogP contribution in [0.2, 0.25) is 0 Å². The molecule has 0 unspecified atom stereocenters. The molecule has 1 aromatic rings. The summed E-state index contributed by atoms with van der Waals surface area (Å²) in [5.74, 6) is 0. The highest BCUT2D eigenvalue weighted by Crippen LogP contribution is 2.17. The van der Waals surface area contributed by atoms with Crippen molar-refractivity contribution in [1.82, 2.24) is 0 Å². The maximum Gasteiger partial charge on any atom is 0.269 e. The molecule has 0 aliphatic rings. The molecule has 0 saturated heterocycles. The van der Waals surface area contributed by atoms with Crippen LogP contribution in [0.4, 0.5) is 5.69 Å². The second kappa shape index (κ2) is 3.65. The number of nitro groups is 1. The lowest BCUT2D eigenvalue weighted by atomic mass is 10.1. The molecule has 1 aromatic carbocycles. The van der Waals surface area contributed by atoms with Gasteiger partial charge in [-0.25, -0.2) is 0 Å². The first-order valence-electron chi connectivity index (χ1n) is 3.35. The van der Waals surface area contributed by atoms with Crippen molar-refractivity contribution >= 4 is 5.69 Å². The van der Waals surface area contributed by atoms with E-state index in [4.69, 9.17) is 10.4 Å². The molecule has 0 bridgehead atoms. The van der Waals surface area contributed by atoms with Crippen LogP contribution < -0.4 is 0 Å². The van der Waals surface area contributed by atoms with Crippen LogP contribution in [0.25, 0.3) is 0 Å². The van der Waals surface area contributed by atoms with Crippen molar-refractivity contribution in [3.05, 3.63) is 46.0 Å². The van der Waals surface area contributed by atoms with E-state index >= 15 is 0 Å². The summed E-state index contributed by atoms with van der Waals surface area (Å²) in [6.45, 7) is 0.672. The van der Waals surface area contributed by atoms with Gasteiger partial charge in [0.1, 0.15) is 6.61 Å². The van der Waals surface area contributed by atoms with Crippen LogP contribution >= 0.6 is 0 Å². The Kier molecular flexibility index (Phi) is 2.57. The quantitative estimate of drug-likeness (QED) is 0.545. The van der Waals surface area contributed by atoms with Crippen molar-refractivity contribution in [2.75, 3.05) is 0 Å². The van der Waals surface area contributed by atoms with Crippen molar-refractivity contribution in [1.29, 1.82) is 5.26 Å². The van der Waals surface area contributed by atoms with Crippen LogP contribution in [0.15, 0.2) is 18.2 Å². The van der Waals surface area contributed by atoms with Gasteiger partial charge in [0.15, 0.2) is 0 Å². The first-order chi connectivity index (χ1) is 6.19. The third-order valence-electron chi connectivity index (χ3n) is 1.51. The Morgan fingerprint density at radius 3 is 2.77 bits per heavy atom. The van der Waals surface area contributed by atoms with Gasteiger partial charge in [0.05, 0.1) is 16.6 Å². The second-order valence-corrected chi connectivity index (χ2v) is 2.27. The fraction of sp³-hybridized carbons (Fsp3) is 0. The lowest BCUT2D eigenvalue weighted by molar-refractivity contribution is -0.384. The summed E-state index contributed by atoms with van der Waals surface area (Å²) >= 11 is 0. The van der Waals surface area contributed by atoms with Gasteiger partial charge in [-0.3, -0.25) is 10.1 Å². The number of hydrogen-bond acceptors (Lipinski definition) is 4. The molecule has 0 heterocycles. The fourth-order valence-electron chi connectivity index (χ4n) is 0.872. The van der Waals surface area contributed by atoms with Crippen LogP contribution in [0.1, 0.15) is 11.1 Å². The maximum absolute atomic E-state index is 10.3. The third-order valence-corrected chi connectivity index (χ3v) is 1.51. The van der Waals surface area contributed by atoms with E-state index in [1.807, 2.05) is 0 Å². The van der Waals surface area contributed by atoms with Gasteiger partial charge in [-0.2, -0.15) is 5.26 Å². The average Bonchev–Trinajstić information content (AvgIpc) is 2.16. The van der Waals surface area contributed by atoms with Crippen molar-refractivity contribution in [3.63, 3.8) is 0 Å². The summed E-state index contributed by atoms with van der Waals surface area (Å²) in [5, 5.41) is 27.5. The van der Waals surface area contributed by atoms with Gasteiger partial charge in [0.2, 0.25) is 0 Å². The molecule has 0 fully saturated rings. The maximum atomic E-state index is 10.3. The van der Waals surface area contributed by atoms with E-state index in [0.717, 1.165) is 6.07 Å². The summed E-state index contributed by atoms with van der Waals surface area (Å²) in [6.07, 6.45) is 0. The molecule has 13 heavy (non-hydrogen) atoms. The smallest absolute Gasteiger partial charge is 0.269 e. The number of nitro benzene ring substituents is 1. The minimum absolute atomic E-state index is 0.150. The first-order valence-corrected chi connectivity index (χ1v) is 3.35. The van der Waals surface area contributed by atoms with E-state index in [2.05, 4.69) is 0 Å². The average molecular weight is 177 g/mol.